The fourth-order valence-corrected chi connectivity index (χ4v) is 3.01. The van der Waals surface area contributed by atoms with E-state index in [0.717, 1.165) is 6.54 Å². The monoisotopic (exact) mass is 267 g/mol. The molecule has 2 heterocycles. The first-order valence-corrected chi connectivity index (χ1v) is 7.11. The predicted molar refractivity (Wildman–Crippen MR) is 72.2 cm³/mol. The lowest BCUT2D eigenvalue weighted by molar-refractivity contribution is 0.0940. The quantitative estimate of drug-likeness (QED) is 0.547. The Hall–Kier alpha value is -1.34. The summed E-state index contributed by atoms with van der Waals surface area (Å²) in [6.07, 6.45) is 2.35. The largest absolute Gasteiger partial charge is 0.350 e. The lowest BCUT2D eigenvalue weighted by atomic mass is 10.0. The summed E-state index contributed by atoms with van der Waals surface area (Å²) in [6, 6.07) is 3.23. The van der Waals surface area contributed by atoms with Crippen LogP contribution in [0.5, 0.6) is 0 Å². The van der Waals surface area contributed by atoms with Gasteiger partial charge in [0, 0.05) is 6.54 Å². The Kier molecular flexibility index (Phi) is 4.77. The number of rotatable bonds is 4. The standard InChI is InChI=1S/C11H17N5OS/c12-14-10-2-1-9(15-16-10)11(17)13-7-8-3-5-18-6-4-8/h1-2,8H,3-7,12H2,(H,13,17)(H,14,16). The van der Waals surface area contributed by atoms with Crippen molar-refractivity contribution in [3.05, 3.63) is 17.8 Å². The number of thioether (sulfide) groups is 1. The minimum Gasteiger partial charge on any atom is -0.350 e. The Morgan fingerprint density at radius 3 is 2.78 bits per heavy atom. The molecule has 1 amide bonds. The van der Waals surface area contributed by atoms with E-state index in [9.17, 15) is 4.79 Å². The molecule has 1 aliphatic rings. The summed E-state index contributed by atoms with van der Waals surface area (Å²) in [5.74, 6) is 8.42. The van der Waals surface area contributed by atoms with Crippen LogP contribution < -0.4 is 16.6 Å². The summed E-state index contributed by atoms with van der Waals surface area (Å²) in [5, 5.41) is 10.5. The highest BCUT2D eigenvalue weighted by Crippen LogP contribution is 2.21. The van der Waals surface area contributed by atoms with Crippen LogP contribution in [0.15, 0.2) is 12.1 Å². The number of aromatic nitrogens is 2. The van der Waals surface area contributed by atoms with E-state index >= 15 is 0 Å². The van der Waals surface area contributed by atoms with Gasteiger partial charge in [-0.15, -0.1) is 10.2 Å². The number of nitrogen functional groups attached to an aromatic ring is 1. The Morgan fingerprint density at radius 1 is 1.39 bits per heavy atom. The van der Waals surface area contributed by atoms with Crippen LogP contribution in [0.3, 0.4) is 0 Å². The van der Waals surface area contributed by atoms with Gasteiger partial charge in [0.2, 0.25) is 0 Å². The highest BCUT2D eigenvalue weighted by Gasteiger charge is 2.15. The molecule has 0 bridgehead atoms. The number of hydrazine groups is 1. The van der Waals surface area contributed by atoms with Crippen molar-refractivity contribution in [1.29, 1.82) is 0 Å². The number of nitrogens with one attached hydrogen (secondary N) is 2. The van der Waals surface area contributed by atoms with Crippen molar-refractivity contribution in [2.45, 2.75) is 12.8 Å². The molecule has 1 aromatic rings. The minimum absolute atomic E-state index is 0.177. The van der Waals surface area contributed by atoms with E-state index in [2.05, 4.69) is 20.9 Å². The molecular formula is C11H17N5OS. The van der Waals surface area contributed by atoms with E-state index in [4.69, 9.17) is 5.84 Å². The lowest BCUT2D eigenvalue weighted by Crippen LogP contribution is -2.31. The number of anilines is 1. The Labute approximate surface area is 110 Å². The van der Waals surface area contributed by atoms with Crippen LogP contribution in [0.2, 0.25) is 0 Å². The Bertz CT molecular complexity index is 391. The van der Waals surface area contributed by atoms with Gasteiger partial charge in [0.05, 0.1) is 0 Å². The molecule has 0 saturated carbocycles. The first kappa shape index (κ1) is 13.1. The summed E-state index contributed by atoms with van der Waals surface area (Å²) in [4.78, 5) is 11.8. The maximum atomic E-state index is 11.8. The third kappa shape index (κ3) is 3.58. The van der Waals surface area contributed by atoms with E-state index in [1.807, 2.05) is 11.8 Å². The second kappa shape index (κ2) is 6.55. The zero-order valence-corrected chi connectivity index (χ0v) is 10.9. The highest BCUT2D eigenvalue weighted by molar-refractivity contribution is 7.99. The van der Waals surface area contributed by atoms with Crippen LogP contribution in [0.1, 0.15) is 23.3 Å². The maximum absolute atomic E-state index is 11.8. The summed E-state index contributed by atoms with van der Waals surface area (Å²) in [5.41, 5.74) is 2.69. The molecule has 98 valence electrons. The summed E-state index contributed by atoms with van der Waals surface area (Å²) in [6.45, 7) is 0.720. The van der Waals surface area contributed by atoms with Crippen molar-refractivity contribution >= 4 is 23.5 Å². The Morgan fingerprint density at radius 2 is 2.17 bits per heavy atom. The van der Waals surface area contributed by atoms with Crippen molar-refractivity contribution in [2.75, 3.05) is 23.5 Å². The van der Waals surface area contributed by atoms with Gasteiger partial charge >= 0.3 is 0 Å². The minimum atomic E-state index is -0.177. The molecule has 0 spiro atoms. The molecule has 1 aliphatic heterocycles. The molecule has 2 rings (SSSR count). The first-order valence-electron chi connectivity index (χ1n) is 5.96. The van der Waals surface area contributed by atoms with Gasteiger partial charge in [-0.05, 0) is 42.4 Å². The molecule has 0 radical (unpaired) electrons. The van der Waals surface area contributed by atoms with Crippen LogP contribution >= 0.6 is 11.8 Å². The summed E-state index contributed by atoms with van der Waals surface area (Å²) in [7, 11) is 0. The second-order valence-electron chi connectivity index (χ2n) is 4.21. The number of hydrogen-bond donors (Lipinski definition) is 3. The van der Waals surface area contributed by atoms with E-state index in [-0.39, 0.29) is 5.91 Å². The first-order chi connectivity index (χ1) is 8.79. The number of nitrogens with zero attached hydrogens (tertiary/aromatic N) is 2. The number of carbonyl (C=O) groups excluding carboxylic acids is 1. The SMILES string of the molecule is NNc1ccc(C(=O)NCC2CCSCC2)nn1. The molecule has 0 atom stereocenters. The van der Waals surface area contributed by atoms with Gasteiger partial charge in [-0.2, -0.15) is 11.8 Å². The zero-order valence-electron chi connectivity index (χ0n) is 10.1. The highest BCUT2D eigenvalue weighted by atomic mass is 32.2. The molecule has 1 fully saturated rings. The molecule has 18 heavy (non-hydrogen) atoms. The molecule has 0 aliphatic carbocycles. The normalized spacial score (nSPS) is 16.3. The third-order valence-corrected chi connectivity index (χ3v) is 3.99. The van der Waals surface area contributed by atoms with Crippen molar-refractivity contribution in [1.82, 2.24) is 15.5 Å². The van der Waals surface area contributed by atoms with Crippen LogP contribution in [0.4, 0.5) is 5.82 Å². The smallest absolute Gasteiger partial charge is 0.271 e. The molecular weight excluding hydrogens is 250 g/mol. The van der Waals surface area contributed by atoms with E-state index < -0.39 is 0 Å². The predicted octanol–water partition coefficient (Wildman–Crippen LogP) is 0.635. The Balaban J connectivity index is 1.82. The second-order valence-corrected chi connectivity index (χ2v) is 5.44. The number of nitrogens with two attached hydrogens (primary N) is 1. The molecule has 0 aromatic carbocycles. The molecule has 6 nitrogen and oxygen atoms in total. The van der Waals surface area contributed by atoms with E-state index in [1.165, 1.54) is 24.3 Å². The van der Waals surface area contributed by atoms with Gasteiger partial charge in [0.1, 0.15) is 0 Å². The van der Waals surface area contributed by atoms with Crippen LogP contribution in [-0.2, 0) is 0 Å². The number of carbonyl (C=O) groups is 1. The van der Waals surface area contributed by atoms with Crippen LogP contribution in [0, 0.1) is 5.92 Å². The lowest BCUT2D eigenvalue weighted by Gasteiger charge is -2.21. The fraction of sp³-hybridized carbons (Fsp3) is 0.545. The number of hydrogen-bond acceptors (Lipinski definition) is 6. The topological polar surface area (TPSA) is 92.9 Å². The summed E-state index contributed by atoms with van der Waals surface area (Å²) < 4.78 is 0. The van der Waals surface area contributed by atoms with Crippen molar-refractivity contribution in [3.63, 3.8) is 0 Å². The van der Waals surface area contributed by atoms with Gasteiger partial charge < -0.3 is 10.7 Å². The molecule has 4 N–H and O–H groups in total. The molecule has 0 unspecified atom stereocenters. The van der Waals surface area contributed by atoms with E-state index in [1.54, 1.807) is 12.1 Å². The van der Waals surface area contributed by atoms with Crippen LogP contribution in [-0.4, -0.2) is 34.2 Å². The third-order valence-electron chi connectivity index (χ3n) is 2.94. The van der Waals surface area contributed by atoms with Crippen molar-refractivity contribution in [2.24, 2.45) is 11.8 Å². The average molecular weight is 267 g/mol. The molecule has 1 aromatic heterocycles. The number of amides is 1. The fourth-order valence-electron chi connectivity index (χ4n) is 1.81. The van der Waals surface area contributed by atoms with Gasteiger partial charge in [-0.3, -0.25) is 4.79 Å². The van der Waals surface area contributed by atoms with Gasteiger partial charge in [-0.25, -0.2) is 5.84 Å². The van der Waals surface area contributed by atoms with Crippen molar-refractivity contribution < 1.29 is 4.79 Å². The van der Waals surface area contributed by atoms with Gasteiger partial charge in [-0.1, -0.05) is 0 Å². The van der Waals surface area contributed by atoms with Crippen molar-refractivity contribution in [3.8, 4) is 0 Å². The molecule has 1 saturated heterocycles. The zero-order chi connectivity index (χ0) is 12.8. The van der Waals surface area contributed by atoms with Crippen LogP contribution in [0.25, 0.3) is 0 Å². The molecule has 7 heteroatoms. The maximum Gasteiger partial charge on any atom is 0.271 e. The summed E-state index contributed by atoms with van der Waals surface area (Å²) >= 11 is 1.98. The van der Waals surface area contributed by atoms with Gasteiger partial charge in [0.25, 0.3) is 5.91 Å². The van der Waals surface area contributed by atoms with E-state index in [0.29, 0.717) is 17.4 Å². The average Bonchev–Trinajstić information content (AvgIpc) is 2.46. The van der Waals surface area contributed by atoms with Gasteiger partial charge in [0.15, 0.2) is 11.5 Å².